The van der Waals surface area contributed by atoms with Crippen molar-refractivity contribution in [2.75, 3.05) is 13.2 Å². The molecular weight excluding hydrogens is 188 g/mol. The molecule has 2 rings (SSSR count). The summed E-state index contributed by atoms with van der Waals surface area (Å²) in [7, 11) is 0. The van der Waals surface area contributed by atoms with Crippen LogP contribution in [0.3, 0.4) is 0 Å². The van der Waals surface area contributed by atoms with Gasteiger partial charge < -0.3 is 9.47 Å². The van der Waals surface area contributed by atoms with Crippen molar-refractivity contribution in [2.24, 2.45) is 0 Å². The summed E-state index contributed by atoms with van der Waals surface area (Å²) in [5.41, 5.74) is 1.55. The monoisotopic (exact) mass is 208 g/mol. The summed E-state index contributed by atoms with van der Waals surface area (Å²) in [6, 6.07) is 0. The number of hydrogen-bond donors (Lipinski definition) is 0. The maximum atomic E-state index is 5.43. The van der Waals surface area contributed by atoms with Crippen LogP contribution in [0.15, 0.2) is 23.8 Å². The van der Waals surface area contributed by atoms with Gasteiger partial charge in [0.25, 0.3) is 0 Å². The zero-order valence-electron chi connectivity index (χ0n) is 9.28. The molecule has 0 spiro atoms. The van der Waals surface area contributed by atoms with Crippen LogP contribution in [0.25, 0.3) is 0 Å². The van der Waals surface area contributed by atoms with E-state index in [9.17, 15) is 0 Å². The van der Waals surface area contributed by atoms with Crippen molar-refractivity contribution < 1.29 is 9.47 Å². The Balaban J connectivity index is 1.76. The van der Waals surface area contributed by atoms with E-state index < -0.39 is 0 Å². The minimum atomic E-state index is 0.0559. The molecule has 84 valence electrons. The quantitative estimate of drug-likeness (QED) is 0.709. The van der Waals surface area contributed by atoms with Gasteiger partial charge >= 0.3 is 0 Å². The fourth-order valence-corrected chi connectivity index (χ4v) is 2.08. The Labute approximate surface area is 92.0 Å². The van der Waals surface area contributed by atoms with E-state index in [4.69, 9.17) is 9.47 Å². The van der Waals surface area contributed by atoms with Crippen LogP contribution in [0.1, 0.15) is 38.5 Å². The second-order valence-corrected chi connectivity index (χ2v) is 4.21. The molecule has 1 fully saturated rings. The minimum Gasteiger partial charge on any atom is -0.350 e. The standard InChI is InChI=1S/C13H20O2/c1-2-4-6-12(7-5-3-1)8-9-13-14-10-11-15-13/h2,4,6,13H,1,3,5,7-11H2/b4-2-,12-6+. The molecule has 0 saturated carbocycles. The molecule has 0 aromatic heterocycles. The fourth-order valence-electron chi connectivity index (χ4n) is 2.08. The number of rotatable bonds is 3. The number of hydrogen-bond acceptors (Lipinski definition) is 2. The largest absolute Gasteiger partial charge is 0.350 e. The normalized spacial score (nSPS) is 29.2. The highest BCUT2D eigenvalue weighted by atomic mass is 16.7. The zero-order chi connectivity index (χ0) is 10.3. The van der Waals surface area contributed by atoms with E-state index in [0.29, 0.717) is 0 Å². The van der Waals surface area contributed by atoms with Gasteiger partial charge in [-0.1, -0.05) is 23.8 Å². The molecule has 2 aliphatic rings. The first kappa shape index (κ1) is 10.9. The predicted molar refractivity (Wildman–Crippen MR) is 60.6 cm³/mol. The van der Waals surface area contributed by atoms with Crippen molar-refractivity contribution in [2.45, 2.75) is 44.8 Å². The Morgan fingerprint density at radius 2 is 2.07 bits per heavy atom. The molecule has 1 aliphatic heterocycles. The van der Waals surface area contributed by atoms with E-state index in [0.717, 1.165) is 26.1 Å². The summed E-state index contributed by atoms with van der Waals surface area (Å²) >= 11 is 0. The lowest BCUT2D eigenvalue weighted by Crippen LogP contribution is -2.07. The van der Waals surface area contributed by atoms with Gasteiger partial charge in [0.2, 0.25) is 0 Å². The maximum Gasteiger partial charge on any atom is 0.158 e. The average Bonchev–Trinajstić information content (AvgIpc) is 2.68. The van der Waals surface area contributed by atoms with E-state index in [1.165, 1.54) is 25.7 Å². The smallest absolute Gasteiger partial charge is 0.158 e. The van der Waals surface area contributed by atoms with Gasteiger partial charge in [0.15, 0.2) is 6.29 Å². The Bertz CT molecular complexity index is 237. The van der Waals surface area contributed by atoms with Crippen LogP contribution < -0.4 is 0 Å². The lowest BCUT2D eigenvalue weighted by molar-refractivity contribution is -0.0462. The molecule has 0 radical (unpaired) electrons. The molecule has 0 aromatic carbocycles. The predicted octanol–water partition coefficient (Wildman–Crippen LogP) is 3.20. The van der Waals surface area contributed by atoms with Crippen molar-refractivity contribution in [1.82, 2.24) is 0 Å². The summed E-state index contributed by atoms with van der Waals surface area (Å²) in [6.45, 7) is 1.53. The molecule has 2 heteroatoms. The molecule has 1 saturated heterocycles. The Hall–Kier alpha value is -0.600. The Kier molecular flexibility index (Phi) is 4.42. The SMILES string of the molecule is C1=C\CCCC\C(CCC2OCCO2)=C/1. The highest BCUT2D eigenvalue weighted by molar-refractivity contribution is 5.13. The molecule has 1 aliphatic carbocycles. The van der Waals surface area contributed by atoms with Crippen LogP contribution in [-0.2, 0) is 9.47 Å². The topological polar surface area (TPSA) is 18.5 Å². The van der Waals surface area contributed by atoms with Crippen molar-refractivity contribution in [3.63, 3.8) is 0 Å². The second-order valence-electron chi connectivity index (χ2n) is 4.21. The third-order valence-corrected chi connectivity index (χ3v) is 2.98. The third kappa shape index (κ3) is 3.80. The molecule has 0 N–H and O–H groups in total. The molecule has 0 atom stereocenters. The first-order valence-corrected chi connectivity index (χ1v) is 6.03. The summed E-state index contributed by atoms with van der Waals surface area (Å²) < 4.78 is 10.9. The van der Waals surface area contributed by atoms with Crippen LogP contribution >= 0.6 is 0 Å². The second kappa shape index (κ2) is 6.09. The van der Waals surface area contributed by atoms with Crippen LogP contribution in [0.5, 0.6) is 0 Å². The van der Waals surface area contributed by atoms with Gasteiger partial charge in [-0.25, -0.2) is 0 Å². The van der Waals surface area contributed by atoms with Gasteiger partial charge in [0.05, 0.1) is 13.2 Å². The number of ether oxygens (including phenoxy) is 2. The lowest BCUT2D eigenvalue weighted by Gasteiger charge is -2.12. The molecule has 1 heterocycles. The summed E-state index contributed by atoms with van der Waals surface area (Å²) in [6.07, 6.45) is 14.1. The highest BCUT2D eigenvalue weighted by Crippen LogP contribution is 2.20. The van der Waals surface area contributed by atoms with Crippen LogP contribution in [0.2, 0.25) is 0 Å². The van der Waals surface area contributed by atoms with Gasteiger partial charge in [-0.3, -0.25) is 0 Å². The van der Waals surface area contributed by atoms with E-state index in [-0.39, 0.29) is 6.29 Å². The summed E-state index contributed by atoms with van der Waals surface area (Å²) in [4.78, 5) is 0. The van der Waals surface area contributed by atoms with Gasteiger partial charge in [-0.2, -0.15) is 0 Å². The van der Waals surface area contributed by atoms with Gasteiger partial charge in [-0.05, 0) is 32.1 Å². The Morgan fingerprint density at radius 1 is 1.20 bits per heavy atom. The van der Waals surface area contributed by atoms with E-state index >= 15 is 0 Å². The molecule has 0 aromatic rings. The van der Waals surface area contributed by atoms with Gasteiger partial charge in [0.1, 0.15) is 0 Å². The first-order chi connectivity index (χ1) is 7.45. The van der Waals surface area contributed by atoms with E-state index in [2.05, 4.69) is 18.2 Å². The highest BCUT2D eigenvalue weighted by Gasteiger charge is 2.15. The first-order valence-electron chi connectivity index (χ1n) is 6.03. The molecular formula is C13H20O2. The van der Waals surface area contributed by atoms with Gasteiger partial charge in [0, 0.05) is 6.42 Å². The molecule has 0 unspecified atom stereocenters. The number of allylic oxidation sites excluding steroid dienone is 4. The summed E-state index contributed by atoms with van der Waals surface area (Å²) in [5.74, 6) is 0. The molecule has 15 heavy (non-hydrogen) atoms. The molecule has 0 bridgehead atoms. The van der Waals surface area contributed by atoms with Crippen molar-refractivity contribution in [3.8, 4) is 0 Å². The van der Waals surface area contributed by atoms with Gasteiger partial charge in [-0.15, -0.1) is 0 Å². The average molecular weight is 208 g/mol. The Morgan fingerprint density at radius 3 is 2.93 bits per heavy atom. The minimum absolute atomic E-state index is 0.0559. The maximum absolute atomic E-state index is 5.43. The molecule has 2 nitrogen and oxygen atoms in total. The van der Waals surface area contributed by atoms with Crippen molar-refractivity contribution in [1.29, 1.82) is 0 Å². The van der Waals surface area contributed by atoms with Crippen LogP contribution in [-0.4, -0.2) is 19.5 Å². The summed E-state index contributed by atoms with van der Waals surface area (Å²) in [5, 5.41) is 0. The lowest BCUT2D eigenvalue weighted by atomic mass is 10.00. The van der Waals surface area contributed by atoms with Crippen LogP contribution in [0, 0.1) is 0 Å². The third-order valence-electron chi connectivity index (χ3n) is 2.98. The zero-order valence-corrected chi connectivity index (χ0v) is 9.28. The van der Waals surface area contributed by atoms with E-state index in [1.54, 1.807) is 5.57 Å². The fraction of sp³-hybridized carbons (Fsp3) is 0.692. The van der Waals surface area contributed by atoms with Crippen LogP contribution in [0.4, 0.5) is 0 Å². The van der Waals surface area contributed by atoms with E-state index in [1.807, 2.05) is 0 Å². The van der Waals surface area contributed by atoms with Crippen molar-refractivity contribution in [3.05, 3.63) is 23.8 Å². The van der Waals surface area contributed by atoms with Crippen molar-refractivity contribution >= 4 is 0 Å². The molecule has 0 amide bonds.